The van der Waals surface area contributed by atoms with Gasteiger partial charge in [0.1, 0.15) is 11.5 Å². The van der Waals surface area contributed by atoms with Gasteiger partial charge in [0.2, 0.25) is 0 Å². The van der Waals surface area contributed by atoms with Crippen LogP contribution in [0.4, 0.5) is 0 Å². The van der Waals surface area contributed by atoms with E-state index in [1.807, 2.05) is 0 Å². The minimum absolute atomic E-state index is 0.263. The van der Waals surface area contributed by atoms with Crippen molar-refractivity contribution in [1.82, 2.24) is 5.32 Å². The Labute approximate surface area is 163 Å². The Morgan fingerprint density at radius 2 is 1.57 bits per heavy atom. The predicted molar refractivity (Wildman–Crippen MR) is 102 cm³/mol. The lowest BCUT2D eigenvalue weighted by atomic mass is 10.0. The van der Waals surface area contributed by atoms with E-state index >= 15 is 0 Å². The zero-order chi connectivity index (χ0) is 20.7. The molecule has 0 unspecified atom stereocenters. The molecule has 2 aromatic carbocycles. The van der Waals surface area contributed by atoms with E-state index in [1.54, 1.807) is 36.4 Å². The first-order valence-electron chi connectivity index (χ1n) is 8.40. The molecular weight excluding hydrogens is 366 g/mol. The van der Waals surface area contributed by atoms with Crippen LogP contribution in [0.1, 0.15) is 28.4 Å². The lowest BCUT2D eigenvalue weighted by Gasteiger charge is -2.20. The fraction of sp³-hybridized carbons (Fsp3) is 0.300. The van der Waals surface area contributed by atoms with Gasteiger partial charge in [0.05, 0.1) is 46.5 Å². The van der Waals surface area contributed by atoms with E-state index < -0.39 is 17.9 Å². The van der Waals surface area contributed by atoms with E-state index in [2.05, 4.69) is 5.32 Å². The van der Waals surface area contributed by atoms with Crippen molar-refractivity contribution in [3.63, 3.8) is 0 Å². The Kier molecular flexibility index (Phi) is 7.08. The summed E-state index contributed by atoms with van der Waals surface area (Å²) in [5, 5.41) is 12.0. The molecule has 0 fully saturated rings. The number of methoxy groups -OCH3 is 4. The third-order valence-corrected chi connectivity index (χ3v) is 4.15. The largest absolute Gasteiger partial charge is 0.497 e. The van der Waals surface area contributed by atoms with Crippen molar-refractivity contribution in [2.75, 3.05) is 28.4 Å². The molecule has 0 aliphatic carbocycles. The zero-order valence-corrected chi connectivity index (χ0v) is 16.1. The number of carbonyl (C=O) groups excluding carboxylic acids is 1. The monoisotopic (exact) mass is 389 g/mol. The smallest absolute Gasteiger partial charge is 0.305 e. The minimum Gasteiger partial charge on any atom is -0.497 e. The first kappa shape index (κ1) is 20.9. The number of nitrogens with one attached hydrogen (secondary N) is 1. The summed E-state index contributed by atoms with van der Waals surface area (Å²) in [6.07, 6.45) is -0.306. The molecule has 8 heteroatoms. The maximum absolute atomic E-state index is 12.8. The third kappa shape index (κ3) is 4.85. The van der Waals surface area contributed by atoms with Crippen LogP contribution in [0.15, 0.2) is 36.4 Å². The number of carboxylic acid groups (broad SMARTS) is 1. The Morgan fingerprint density at radius 1 is 0.893 bits per heavy atom. The van der Waals surface area contributed by atoms with Crippen molar-refractivity contribution < 1.29 is 33.6 Å². The lowest BCUT2D eigenvalue weighted by Crippen LogP contribution is -2.30. The summed E-state index contributed by atoms with van der Waals surface area (Å²) >= 11 is 0. The molecule has 0 saturated carbocycles. The summed E-state index contributed by atoms with van der Waals surface area (Å²) in [7, 11) is 5.93. The maximum atomic E-state index is 12.8. The van der Waals surface area contributed by atoms with Gasteiger partial charge in [-0.3, -0.25) is 9.59 Å². The molecule has 1 amide bonds. The SMILES string of the molecule is COc1ccc(C(=O)N[C@@H](CC(=O)O)c2ccc(OC)c(OC)c2)c(OC)c1. The Balaban J connectivity index is 2.35. The molecule has 2 rings (SSSR count). The first-order valence-corrected chi connectivity index (χ1v) is 8.40. The van der Waals surface area contributed by atoms with Gasteiger partial charge in [-0.15, -0.1) is 0 Å². The van der Waals surface area contributed by atoms with Gasteiger partial charge in [-0.1, -0.05) is 6.07 Å². The Bertz CT molecular complexity index is 850. The van der Waals surface area contributed by atoms with Crippen LogP contribution in [0, 0.1) is 0 Å². The third-order valence-electron chi connectivity index (χ3n) is 4.15. The van der Waals surface area contributed by atoms with Crippen LogP contribution in [-0.4, -0.2) is 45.4 Å². The van der Waals surface area contributed by atoms with Gasteiger partial charge in [0.25, 0.3) is 5.91 Å². The number of amides is 1. The number of aliphatic carboxylic acids is 1. The Morgan fingerprint density at radius 3 is 2.14 bits per heavy atom. The van der Waals surface area contributed by atoms with Gasteiger partial charge in [-0.25, -0.2) is 0 Å². The average molecular weight is 389 g/mol. The number of carboxylic acids is 1. The molecule has 0 aliphatic heterocycles. The van der Waals surface area contributed by atoms with Gasteiger partial charge >= 0.3 is 5.97 Å². The van der Waals surface area contributed by atoms with Gasteiger partial charge in [0, 0.05) is 6.07 Å². The van der Waals surface area contributed by atoms with E-state index in [0.717, 1.165) is 0 Å². The number of carbonyl (C=O) groups is 2. The van der Waals surface area contributed by atoms with Crippen molar-refractivity contribution in [3.8, 4) is 23.0 Å². The van der Waals surface area contributed by atoms with Crippen molar-refractivity contribution >= 4 is 11.9 Å². The number of hydrogen-bond acceptors (Lipinski definition) is 6. The molecule has 150 valence electrons. The second-order valence-electron chi connectivity index (χ2n) is 5.80. The molecule has 0 aromatic heterocycles. The molecule has 0 saturated heterocycles. The standard InChI is InChI=1S/C20H23NO7/c1-25-13-6-7-14(17(10-13)27-3)20(24)21-15(11-19(22)23)12-5-8-16(26-2)18(9-12)28-4/h5-10,15H,11H2,1-4H3,(H,21,24)(H,22,23)/t15-/m0/s1. The summed E-state index contributed by atoms with van der Waals surface area (Å²) in [6, 6.07) is 8.95. The second kappa shape index (κ2) is 9.50. The van der Waals surface area contributed by atoms with E-state index in [9.17, 15) is 14.7 Å². The normalized spacial score (nSPS) is 11.3. The van der Waals surface area contributed by atoms with E-state index in [0.29, 0.717) is 28.6 Å². The molecule has 0 aliphatic rings. The summed E-state index contributed by atoms with van der Waals surface area (Å²) in [5.74, 6) is 0.270. The van der Waals surface area contributed by atoms with Crippen molar-refractivity contribution in [2.45, 2.75) is 12.5 Å². The molecule has 0 spiro atoms. The van der Waals surface area contributed by atoms with Gasteiger partial charge in [-0.2, -0.15) is 0 Å². The first-order chi connectivity index (χ1) is 13.4. The van der Waals surface area contributed by atoms with Crippen LogP contribution in [0.2, 0.25) is 0 Å². The van der Waals surface area contributed by atoms with Crippen molar-refractivity contribution in [2.24, 2.45) is 0 Å². The van der Waals surface area contributed by atoms with Crippen molar-refractivity contribution in [3.05, 3.63) is 47.5 Å². The van der Waals surface area contributed by atoms with Crippen LogP contribution in [0.3, 0.4) is 0 Å². The number of ether oxygens (including phenoxy) is 4. The average Bonchev–Trinajstić information content (AvgIpc) is 2.71. The van der Waals surface area contributed by atoms with Gasteiger partial charge in [0.15, 0.2) is 11.5 Å². The molecule has 0 bridgehead atoms. The molecule has 1 atom stereocenters. The zero-order valence-electron chi connectivity index (χ0n) is 16.1. The fourth-order valence-electron chi connectivity index (χ4n) is 2.72. The lowest BCUT2D eigenvalue weighted by molar-refractivity contribution is -0.137. The quantitative estimate of drug-likeness (QED) is 0.679. The Hall–Kier alpha value is -3.42. The van der Waals surface area contributed by atoms with E-state index in [4.69, 9.17) is 18.9 Å². The molecule has 0 radical (unpaired) electrons. The molecule has 0 heterocycles. The molecule has 8 nitrogen and oxygen atoms in total. The van der Waals surface area contributed by atoms with Crippen LogP contribution in [-0.2, 0) is 4.79 Å². The highest BCUT2D eigenvalue weighted by molar-refractivity contribution is 5.97. The number of rotatable bonds is 9. The second-order valence-corrected chi connectivity index (χ2v) is 5.80. The topological polar surface area (TPSA) is 103 Å². The highest BCUT2D eigenvalue weighted by atomic mass is 16.5. The van der Waals surface area contributed by atoms with Crippen molar-refractivity contribution in [1.29, 1.82) is 0 Å². The van der Waals surface area contributed by atoms with E-state index in [-0.39, 0.29) is 12.0 Å². The fourth-order valence-corrected chi connectivity index (χ4v) is 2.72. The minimum atomic E-state index is -1.05. The van der Waals surface area contributed by atoms with Gasteiger partial charge < -0.3 is 29.4 Å². The van der Waals surface area contributed by atoms with Gasteiger partial charge in [-0.05, 0) is 29.8 Å². The maximum Gasteiger partial charge on any atom is 0.305 e. The highest BCUT2D eigenvalue weighted by Crippen LogP contribution is 2.31. The summed E-state index contributed by atoms with van der Waals surface area (Å²) in [5.41, 5.74) is 0.833. The molecule has 2 N–H and O–H groups in total. The summed E-state index contributed by atoms with van der Waals surface area (Å²) < 4.78 is 20.8. The van der Waals surface area contributed by atoms with Crippen LogP contribution in [0.25, 0.3) is 0 Å². The van der Waals surface area contributed by atoms with Crippen LogP contribution in [0.5, 0.6) is 23.0 Å². The molecular formula is C20H23NO7. The summed E-state index contributed by atoms with van der Waals surface area (Å²) in [6.45, 7) is 0. The summed E-state index contributed by atoms with van der Waals surface area (Å²) in [4.78, 5) is 24.1. The van der Waals surface area contributed by atoms with Crippen LogP contribution >= 0.6 is 0 Å². The molecule has 2 aromatic rings. The van der Waals surface area contributed by atoms with Crippen LogP contribution < -0.4 is 24.3 Å². The predicted octanol–water partition coefficient (Wildman–Crippen LogP) is 2.67. The number of hydrogen-bond donors (Lipinski definition) is 2. The molecule has 28 heavy (non-hydrogen) atoms. The van der Waals surface area contributed by atoms with E-state index in [1.165, 1.54) is 28.4 Å². The highest BCUT2D eigenvalue weighted by Gasteiger charge is 2.22. The number of benzene rings is 2.